The lowest BCUT2D eigenvalue weighted by Crippen LogP contribution is -2.58. The van der Waals surface area contributed by atoms with E-state index in [9.17, 15) is 4.79 Å². The Morgan fingerprint density at radius 1 is 1.15 bits per heavy atom. The van der Waals surface area contributed by atoms with Gasteiger partial charge in [-0.2, -0.15) is 0 Å². The van der Waals surface area contributed by atoms with Crippen LogP contribution in [0.3, 0.4) is 0 Å². The maximum atomic E-state index is 12.8. The molecule has 3 aliphatic rings. The third-order valence-corrected chi connectivity index (χ3v) is 8.22. The zero-order valence-corrected chi connectivity index (χ0v) is 24.2. The molecule has 2 aromatic rings. The Morgan fingerprint density at radius 2 is 1.80 bits per heavy atom. The van der Waals surface area contributed by atoms with Gasteiger partial charge in [0.15, 0.2) is 0 Å². The molecule has 2 aliphatic heterocycles. The highest BCUT2D eigenvalue weighted by Gasteiger charge is 2.49. The van der Waals surface area contributed by atoms with Crippen LogP contribution < -0.4 is 5.32 Å². The molecule has 2 saturated heterocycles. The van der Waals surface area contributed by atoms with E-state index in [1.165, 1.54) is 48.2 Å². The standard InChI is InChI=1S/C34H41N3O3/c1-23-6-8-28(9-7-23)32(30-18-34(19-30)21-37(5)22-34)29-12-10-27(11-13-29)25(3)36-33(38)24(2)14-16-35-26(4)40-31-15-17-39-20-31/h6-14,16,25,31H,4,15,17-22H2,1-3,5H3,(H,36,38)/b24-14+,35-16-/t25-,31?/m1/s1. The highest BCUT2D eigenvalue weighted by atomic mass is 16.6. The molecular formula is C34H41N3O3. The molecule has 3 fully saturated rings. The molecule has 40 heavy (non-hydrogen) atoms. The van der Waals surface area contributed by atoms with Crippen LogP contribution in [0.15, 0.2) is 83.2 Å². The lowest BCUT2D eigenvalue weighted by Gasteiger charge is -2.56. The summed E-state index contributed by atoms with van der Waals surface area (Å²) in [5, 5.41) is 3.10. The molecular weight excluding hydrogens is 498 g/mol. The number of allylic oxidation sites excluding steroid dienone is 2. The van der Waals surface area contributed by atoms with E-state index < -0.39 is 0 Å². The monoisotopic (exact) mass is 539 g/mol. The third kappa shape index (κ3) is 6.45. The first kappa shape index (κ1) is 28.1. The summed E-state index contributed by atoms with van der Waals surface area (Å²) in [6, 6.07) is 17.4. The number of hydrogen-bond acceptors (Lipinski definition) is 5. The highest BCUT2D eigenvalue weighted by molar-refractivity contribution is 5.97. The van der Waals surface area contributed by atoms with Crippen LogP contribution in [-0.2, 0) is 14.3 Å². The molecule has 2 heterocycles. The van der Waals surface area contributed by atoms with Crippen LogP contribution >= 0.6 is 0 Å². The summed E-state index contributed by atoms with van der Waals surface area (Å²) >= 11 is 0. The summed E-state index contributed by atoms with van der Waals surface area (Å²) in [5.41, 5.74) is 8.83. The van der Waals surface area contributed by atoms with Crippen LogP contribution in [0.2, 0.25) is 0 Å². The summed E-state index contributed by atoms with van der Waals surface area (Å²) in [6.45, 7) is 13.4. The average Bonchev–Trinajstić information content (AvgIpc) is 3.40. The molecule has 1 amide bonds. The topological polar surface area (TPSA) is 63.2 Å². The molecule has 1 spiro atoms. The second kappa shape index (κ2) is 11.9. The molecule has 0 radical (unpaired) electrons. The number of aryl methyl sites for hydroxylation is 1. The van der Waals surface area contributed by atoms with E-state index in [1.54, 1.807) is 24.8 Å². The number of carbonyl (C=O) groups excluding carboxylic acids is 1. The van der Waals surface area contributed by atoms with Gasteiger partial charge in [0.05, 0.1) is 19.3 Å². The zero-order chi connectivity index (χ0) is 28.3. The number of carbonyl (C=O) groups is 1. The van der Waals surface area contributed by atoms with Crippen LogP contribution in [0.4, 0.5) is 0 Å². The average molecular weight is 540 g/mol. The van der Waals surface area contributed by atoms with Crippen LogP contribution in [0.25, 0.3) is 5.57 Å². The van der Waals surface area contributed by atoms with Crippen molar-refractivity contribution in [2.45, 2.75) is 52.2 Å². The van der Waals surface area contributed by atoms with Gasteiger partial charge in [-0.25, -0.2) is 4.99 Å². The molecule has 1 saturated carbocycles. The summed E-state index contributed by atoms with van der Waals surface area (Å²) in [6.07, 6.45) is 6.43. The van der Waals surface area contributed by atoms with Crippen molar-refractivity contribution in [3.05, 3.63) is 100 Å². The van der Waals surface area contributed by atoms with Crippen molar-refractivity contribution in [3.63, 3.8) is 0 Å². The molecule has 6 nitrogen and oxygen atoms in total. The predicted molar refractivity (Wildman–Crippen MR) is 161 cm³/mol. The van der Waals surface area contributed by atoms with Crippen LogP contribution in [0.1, 0.15) is 61.4 Å². The van der Waals surface area contributed by atoms with Gasteiger partial charge in [0.2, 0.25) is 11.8 Å². The number of benzene rings is 2. The van der Waals surface area contributed by atoms with Crippen molar-refractivity contribution in [1.82, 2.24) is 10.2 Å². The largest absolute Gasteiger partial charge is 0.472 e. The van der Waals surface area contributed by atoms with Gasteiger partial charge in [-0.3, -0.25) is 4.79 Å². The predicted octanol–water partition coefficient (Wildman–Crippen LogP) is 5.99. The van der Waals surface area contributed by atoms with Crippen molar-refractivity contribution in [1.29, 1.82) is 0 Å². The fourth-order valence-corrected chi connectivity index (χ4v) is 6.12. The Balaban J connectivity index is 1.23. The molecule has 1 N–H and O–H groups in total. The van der Waals surface area contributed by atoms with Crippen LogP contribution in [0, 0.1) is 12.3 Å². The van der Waals surface area contributed by atoms with Gasteiger partial charge in [0, 0.05) is 36.7 Å². The first-order valence-electron chi connectivity index (χ1n) is 14.2. The Hall–Kier alpha value is -3.48. The summed E-state index contributed by atoms with van der Waals surface area (Å²) in [4.78, 5) is 19.4. The van der Waals surface area contributed by atoms with E-state index in [2.05, 4.69) is 84.3 Å². The van der Waals surface area contributed by atoms with Crippen molar-refractivity contribution >= 4 is 17.7 Å². The minimum absolute atomic E-state index is 0.00421. The Morgan fingerprint density at radius 3 is 2.40 bits per heavy atom. The molecule has 6 heteroatoms. The number of likely N-dealkylation sites (tertiary alicyclic amines) is 1. The van der Waals surface area contributed by atoms with Crippen LogP contribution in [-0.4, -0.2) is 56.5 Å². The molecule has 1 unspecified atom stereocenters. The van der Waals surface area contributed by atoms with Gasteiger partial charge >= 0.3 is 0 Å². The maximum Gasteiger partial charge on any atom is 0.247 e. The number of rotatable bonds is 9. The van der Waals surface area contributed by atoms with E-state index >= 15 is 0 Å². The third-order valence-electron chi connectivity index (χ3n) is 8.22. The van der Waals surface area contributed by atoms with E-state index in [0.29, 0.717) is 30.1 Å². The van der Waals surface area contributed by atoms with E-state index in [-0.39, 0.29) is 18.1 Å². The second-order valence-electron chi connectivity index (χ2n) is 11.8. The van der Waals surface area contributed by atoms with E-state index in [1.807, 2.05) is 6.92 Å². The lowest BCUT2D eigenvalue weighted by molar-refractivity contribution is -0.118. The van der Waals surface area contributed by atoms with E-state index in [0.717, 1.165) is 12.0 Å². The number of nitrogens with one attached hydrogen (secondary N) is 1. The molecule has 0 bridgehead atoms. The first-order chi connectivity index (χ1) is 19.2. The number of nitrogens with zero attached hydrogens (tertiary/aromatic N) is 2. The normalized spacial score (nSPS) is 21.1. The molecule has 2 aromatic carbocycles. The smallest absolute Gasteiger partial charge is 0.247 e. The van der Waals surface area contributed by atoms with Gasteiger partial charge in [-0.15, -0.1) is 0 Å². The number of amides is 1. The highest BCUT2D eigenvalue weighted by Crippen LogP contribution is 2.54. The van der Waals surface area contributed by atoms with Gasteiger partial charge in [-0.1, -0.05) is 59.7 Å². The molecule has 5 rings (SSSR count). The van der Waals surface area contributed by atoms with Gasteiger partial charge in [0.25, 0.3) is 0 Å². The summed E-state index contributed by atoms with van der Waals surface area (Å²) < 4.78 is 10.9. The molecule has 0 aromatic heterocycles. The minimum atomic E-state index is -0.133. The minimum Gasteiger partial charge on any atom is -0.472 e. The summed E-state index contributed by atoms with van der Waals surface area (Å²) in [7, 11) is 2.21. The van der Waals surface area contributed by atoms with Gasteiger partial charge in [0.1, 0.15) is 6.10 Å². The second-order valence-corrected chi connectivity index (χ2v) is 11.8. The fourth-order valence-electron chi connectivity index (χ4n) is 6.12. The van der Waals surface area contributed by atoms with Gasteiger partial charge in [-0.05, 0) is 75.6 Å². The SMILES string of the molecule is C=C(/N=C\C=C(/C)C(=O)N[C@H](C)c1ccc(C(=C2CC3(C2)CN(C)C3)c2ccc(C)cc2)cc1)OC1CCOC1. The first-order valence-corrected chi connectivity index (χ1v) is 14.2. The Kier molecular flexibility index (Phi) is 8.38. The van der Waals surface area contributed by atoms with Crippen molar-refractivity contribution < 1.29 is 14.3 Å². The molecule has 210 valence electrons. The lowest BCUT2D eigenvalue weighted by atomic mass is 9.59. The van der Waals surface area contributed by atoms with Gasteiger partial charge < -0.3 is 19.7 Å². The quantitative estimate of drug-likeness (QED) is 0.241. The number of aliphatic imine (C=N–C) groups is 1. The Bertz CT molecular complexity index is 1320. The molecule has 1 aliphatic carbocycles. The zero-order valence-electron chi connectivity index (χ0n) is 24.2. The summed E-state index contributed by atoms with van der Waals surface area (Å²) in [5.74, 6) is 0.192. The van der Waals surface area contributed by atoms with Crippen molar-refractivity contribution in [3.8, 4) is 0 Å². The number of ether oxygens (including phenoxy) is 2. The Labute approximate surface area is 238 Å². The number of hydrogen-bond donors (Lipinski definition) is 1. The van der Waals surface area contributed by atoms with E-state index in [4.69, 9.17) is 9.47 Å². The fraction of sp³-hybridized carbons (Fsp3) is 0.412. The van der Waals surface area contributed by atoms with Crippen molar-refractivity contribution in [2.24, 2.45) is 10.4 Å². The van der Waals surface area contributed by atoms with Crippen molar-refractivity contribution in [2.75, 3.05) is 33.4 Å². The maximum absolute atomic E-state index is 12.8. The van der Waals surface area contributed by atoms with Crippen LogP contribution in [0.5, 0.6) is 0 Å². The molecule has 2 atom stereocenters.